The van der Waals surface area contributed by atoms with Crippen LogP contribution in [0.3, 0.4) is 0 Å². The Hall–Kier alpha value is -1.72. The summed E-state index contributed by atoms with van der Waals surface area (Å²) in [6.45, 7) is 3.86. The first kappa shape index (κ1) is 13.9. The molecule has 1 aromatic heterocycles. The van der Waals surface area contributed by atoms with Crippen molar-refractivity contribution in [2.45, 2.75) is 31.3 Å². The molecule has 0 amide bonds. The predicted molar refractivity (Wildman–Crippen MR) is 83.4 cm³/mol. The van der Waals surface area contributed by atoms with E-state index in [1.165, 1.54) is 18.4 Å². The Balaban J connectivity index is 1.43. The minimum atomic E-state index is 0.431. The number of likely N-dealkylation sites (N-methyl/N-ethyl adjacent to an activating group) is 1. The molecule has 0 unspecified atom stereocenters. The first-order valence-corrected chi connectivity index (χ1v) is 8.09. The van der Waals surface area contributed by atoms with Crippen molar-refractivity contribution in [1.29, 1.82) is 0 Å². The number of benzene rings is 1. The van der Waals surface area contributed by atoms with Crippen molar-refractivity contribution in [3.05, 3.63) is 47.6 Å². The quantitative estimate of drug-likeness (QED) is 0.867. The number of aromatic nitrogens is 2. The van der Waals surface area contributed by atoms with Crippen LogP contribution in [0.4, 0.5) is 0 Å². The lowest BCUT2D eigenvalue weighted by Crippen LogP contribution is -2.46. The molecule has 1 atom stereocenters. The lowest BCUT2D eigenvalue weighted by molar-refractivity contribution is 0.0825. The second-order valence-corrected chi connectivity index (χ2v) is 6.46. The van der Waals surface area contributed by atoms with E-state index in [1.807, 2.05) is 0 Å². The van der Waals surface area contributed by atoms with Gasteiger partial charge in [0.2, 0.25) is 5.89 Å². The molecule has 1 aliphatic carbocycles. The normalized spacial score (nSPS) is 23.8. The van der Waals surface area contributed by atoms with Gasteiger partial charge in [0.1, 0.15) is 0 Å². The topological polar surface area (TPSA) is 45.4 Å². The molecule has 1 saturated carbocycles. The van der Waals surface area contributed by atoms with Crippen LogP contribution in [0.25, 0.3) is 0 Å². The van der Waals surface area contributed by atoms with Gasteiger partial charge in [-0.05, 0) is 25.5 Å². The van der Waals surface area contributed by atoms with Gasteiger partial charge in [-0.3, -0.25) is 9.80 Å². The first-order chi connectivity index (χ1) is 10.8. The van der Waals surface area contributed by atoms with E-state index in [2.05, 4.69) is 57.3 Å². The zero-order valence-electron chi connectivity index (χ0n) is 13.0. The standard InChI is InChI=1S/C17H22N4O/c1-20-9-10-21(11-15(20)13-5-3-2-4-6-13)12-16-18-17(19-22-16)14-7-8-14/h2-6,14-15H,7-12H2,1H3/t15-/m1/s1. The third kappa shape index (κ3) is 2.91. The molecule has 1 aliphatic heterocycles. The molecule has 1 aromatic carbocycles. The molecule has 5 nitrogen and oxygen atoms in total. The lowest BCUT2D eigenvalue weighted by Gasteiger charge is -2.39. The lowest BCUT2D eigenvalue weighted by atomic mass is 10.0. The molecule has 0 radical (unpaired) electrons. The van der Waals surface area contributed by atoms with Crippen LogP contribution in [0, 0.1) is 0 Å². The van der Waals surface area contributed by atoms with Crippen molar-refractivity contribution in [1.82, 2.24) is 19.9 Å². The van der Waals surface area contributed by atoms with Crippen molar-refractivity contribution in [3.8, 4) is 0 Å². The summed E-state index contributed by atoms with van der Waals surface area (Å²) in [6.07, 6.45) is 2.42. The van der Waals surface area contributed by atoms with Crippen LogP contribution in [0.15, 0.2) is 34.9 Å². The fourth-order valence-corrected chi connectivity index (χ4v) is 3.14. The maximum absolute atomic E-state index is 5.42. The Kier molecular flexibility index (Phi) is 3.68. The summed E-state index contributed by atoms with van der Waals surface area (Å²) < 4.78 is 5.42. The third-order valence-electron chi connectivity index (χ3n) is 4.70. The Bertz CT molecular complexity index is 623. The molecule has 22 heavy (non-hydrogen) atoms. The molecular formula is C17H22N4O. The Morgan fingerprint density at radius 3 is 2.77 bits per heavy atom. The second kappa shape index (κ2) is 5.82. The summed E-state index contributed by atoms with van der Waals surface area (Å²) in [5.74, 6) is 2.23. The monoisotopic (exact) mass is 298 g/mol. The number of rotatable bonds is 4. The smallest absolute Gasteiger partial charge is 0.240 e. The van der Waals surface area contributed by atoms with E-state index in [9.17, 15) is 0 Å². The maximum atomic E-state index is 5.42. The Labute approximate surface area is 130 Å². The van der Waals surface area contributed by atoms with Gasteiger partial charge in [-0.25, -0.2) is 0 Å². The molecule has 0 N–H and O–H groups in total. The zero-order chi connectivity index (χ0) is 14.9. The van der Waals surface area contributed by atoms with Gasteiger partial charge >= 0.3 is 0 Å². The maximum Gasteiger partial charge on any atom is 0.240 e. The van der Waals surface area contributed by atoms with Crippen LogP contribution in [-0.2, 0) is 6.54 Å². The molecule has 2 fully saturated rings. The highest BCUT2D eigenvalue weighted by molar-refractivity contribution is 5.20. The predicted octanol–water partition coefficient (Wildman–Crippen LogP) is 2.44. The van der Waals surface area contributed by atoms with Gasteiger partial charge in [-0.2, -0.15) is 4.98 Å². The summed E-state index contributed by atoms with van der Waals surface area (Å²) >= 11 is 0. The van der Waals surface area contributed by atoms with Crippen molar-refractivity contribution in [2.75, 3.05) is 26.7 Å². The van der Waals surface area contributed by atoms with E-state index >= 15 is 0 Å². The fraction of sp³-hybridized carbons (Fsp3) is 0.529. The Morgan fingerprint density at radius 1 is 1.18 bits per heavy atom. The van der Waals surface area contributed by atoms with Crippen molar-refractivity contribution in [3.63, 3.8) is 0 Å². The van der Waals surface area contributed by atoms with Crippen LogP contribution in [0.2, 0.25) is 0 Å². The number of hydrogen-bond donors (Lipinski definition) is 0. The highest BCUT2D eigenvalue weighted by atomic mass is 16.5. The van der Waals surface area contributed by atoms with Crippen molar-refractivity contribution >= 4 is 0 Å². The molecule has 2 heterocycles. The van der Waals surface area contributed by atoms with Crippen LogP contribution in [0.1, 0.15) is 42.1 Å². The second-order valence-electron chi connectivity index (χ2n) is 6.46. The van der Waals surface area contributed by atoms with Gasteiger partial charge in [0.25, 0.3) is 0 Å². The first-order valence-electron chi connectivity index (χ1n) is 8.09. The van der Waals surface area contributed by atoms with E-state index < -0.39 is 0 Å². The van der Waals surface area contributed by atoms with E-state index in [0.29, 0.717) is 12.0 Å². The number of piperazine rings is 1. The van der Waals surface area contributed by atoms with Gasteiger partial charge in [0.15, 0.2) is 5.82 Å². The fourth-order valence-electron chi connectivity index (χ4n) is 3.14. The number of hydrogen-bond acceptors (Lipinski definition) is 5. The molecule has 1 saturated heterocycles. The SMILES string of the molecule is CN1CCN(Cc2nc(C3CC3)no2)C[C@@H]1c1ccccc1. The van der Waals surface area contributed by atoms with Gasteiger partial charge in [-0.1, -0.05) is 35.5 Å². The zero-order valence-corrected chi connectivity index (χ0v) is 13.0. The third-order valence-corrected chi connectivity index (χ3v) is 4.70. The molecule has 2 aromatic rings. The summed E-state index contributed by atoms with van der Waals surface area (Å²) in [5.41, 5.74) is 1.37. The molecule has 5 heteroatoms. The molecular weight excluding hydrogens is 276 g/mol. The minimum Gasteiger partial charge on any atom is -0.338 e. The minimum absolute atomic E-state index is 0.431. The molecule has 0 spiro atoms. The average molecular weight is 298 g/mol. The van der Waals surface area contributed by atoms with Crippen molar-refractivity contribution in [2.24, 2.45) is 0 Å². The van der Waals surface area contributed by atoms with Crippen molar-refractivity contribution < 1.29 is 4.52 Å². The number of nitrogens with zero attached hydrogens (tertiary/aromatic N) is 4. The van der Waals surface area contributed by atoms with Gasteiger partial charge in [0.05, 0.1) is 6.54 Å². The van der Waals surface area contributed by atoms with Crippen LogP contribution in [-0.4, -0.2) is 46.6 Å². The van der Waals surface area contributed by atoms with E-state index in [4.69, 9.17) is 4.52 Å². The highest BCUT2D eigenvalue weighted by Crippen LogP contribution is 2.38. The van der Waals surface area contributed by atoms with E-state index in [-0.39, 0.29) is 0 Å². The van der Waals surface area contributed by atoms with Crippen LogP contribution in [0.5, 0.6) is 0 Å². The average Bonchev–Trinajstić information content (AvgIpc) is 3.30. The summed E-state index contributed by atoms with van der Waals surface area (Å²) in [5, 5.41) is 4.11. The van der Waals surface area contributed by atoms with E-state index in [0.717, 1.165) is 37.9 Å². The van der Waals surface area contributed by atoms with Crippen LogP contribution >= 0.6 is 0 Å². The van der Waals surface area contributed by atoms with Crippen LogP contribution < -0.4 is 0 Å². The van der Waals surface area contributed by atoms with E-state index in [1.54, 1.807) is 0 Å². The molecule has 4 rings (SSSR count). The summed E-state index contributed by atoms with van der Waals surface area (Å²) in [4.78, 5) is 9.39. The molecule has 2 aliphatic rings. The summed E-state index contributed by atoms with van der Waals surface area (Å²) in [7, 11) is 2.20. The summed E-state index contributed by atoms with van der Waals surface area (Å²) in [6, 6.07) is 11.2. The highest BCUT2D eigenvalue weighted by Gasteiger charge is 2.30. The Morgan fingerprint density at radius 2 is 2.00 bits per heavy atom. The van der Waals surface area contributed by atoms with Gasteiger partial charge in [0, 0.05) is 31.6 Å². The van der Waals surface area contributed by atoms with Gasteiger partial charge < -0.3 is 4.52 Å². The largest absolute Gasteiger partial charge is 0.338 e. The molecule has 116 valence electrons. The van der Waals surface area contributed by atoms with Gasteiger partial charge in [-0.15, -0.1) is 0 Å². The molecule has 0 bridgehead atoms.